The number of aliphatic imine (C=N–C) groups is 1. The van der Waals surface area contributed by atoms with Crippen molar-refractivity contribution in [1.82, 2.24) is 0 Å². The zero-order valence-electron chi connectivity index (χ0n) is 10.3. The Bertz CT molecular complexity index is 510. The molecule has 102 valence electrons. The first-order valence-electron chi connectivity index (χ1n) is 5.86. The summed E-state index contributed by atoms with van der Waals surface area (Å²) < 4.78 is 18.9. The average Bonchev–Trinajstić information content (AvgIpc) is 2.27. The molecule has 6 nitrogen and oxygen atoms in total. The van der Waals surface area contributed by atoms with Crippen LogP contribution in [0.3, 0.4) is 0 Å². The second-order valence-corrected chi connectivity index (χ2v) is 4.18. The Hall–Kier alpha value is -2.31. The molecule has 19 heavy (non-hydrogen) atoms. The van der Waals surface area contributed by atoms with Crippen LogP contribution in [0.15, 0.2) is 23.2 Å². The molecule has 0 saturated carbocycles. The first kappa shape index (κ1) is 13.1. The van der Waals surface area contributed by atoms with Crippen molar-refractivity contribution < 1.29 is 13.9 Å². The smallest absolute Gasteiger partial charge is 0.437 e. The minimum atomic E-state index is -0.936. The maximum absolute atomic E-state index is 14.1. The third-order valence-corrected chi connectivity index (χ3v) is 2.83. The first-order valence-corrected chi connectivity index (χ1v) is 5.86. The van der Waals surface area contributed by atoms with E-state index < -0.39 is 6.09 Å². The Kier molecular flexibility index (Phi) is 3.84. The van der Waals surface area contributed by atoms with Gasteiger partial charge in [-0.05, 0) is 12.5 Å². The van der Waals surface area contributed by atoms with E-state index in [1.165, 1.54) is 0 Å². The number of guanidine groups is 1. The summed E-state index contributed by atoms with van der Waals surface area (Å²) in [6.07, 6.45) is 0.122. The number of benzene rings is 1. The summed E-state index contributed by atoms with van der Waals surface area (Å²) in [5.41, 5.74) is 10.9. The van der Waals surface area contributed by atoms with E-state index in [1.54, 1.807) is 18.2 Å². The highest BCUT2D eigenvalue weighted by Crippen LogP contribution is 2.26. The number of anilines is 1. The van der Waals surface area contributed by atoms with E-state index in [1.807, 2.05) is 4.90 Å². The van der Waals surface area contributed by atoms with Crippen LogP contribution in [0.25, 0.3) is 0 Å². The summed E-state index contributed by atoms with van der Waals surface area (Å²) in [4.78, 5) is 16.2. The van der Waals surface area contributed by atoms with Gasteiger partial charge in [-0.25, -0.2) is 9.18 Å². The van der Waals surface area contributed by atoms with Gasteiger partial charge in [0.15, 0.2) is 11.8 Å². The Morgan fingerprint density at radius 1 is 1.42 bits per heavy atom. The number of hydrogen-bond donors (Lipinski definition) is 2. The van der Waals surface area contributed by atoms with Crippen LogP contribution in [0.2, 0.25) is 0 Å². The van der Waals surface area contributed by atoms with E-state index in [0.29, 0.717) is 11.3 Å². The molecular formula is C12H15FN4O2. The zero-order valence-corrected chi connectivity index (χ0v) is 10.3. The lowest BCUT2D eigenvalue weighted by Crippen LogP contribution is -2.37. The van der Waals surface area contributed by atoms with Crippen LogP contribution < -0.4 is 16.4 Å². The molecular weight excluding hydrogens is 251 g/mol. The van der Waals surface area contributed by atoms with Gasteiger partial charge in [0.1, 0.15) is 6.61 Å². The number of amides is 1. The molecule has 0 aromatic heterocycles. The van der Waals surface area contributed by atoms with Gasteiger partial charge in [0, 0.05) is 18.7 Å². The van der Waals surface area contributed by atoms with Crippen LogP contribution in [0.5, 0.6) is 0 Å². The standard InChI is InChI=1S/C12H15FN4O2/c13-10-8(7-19-12(18)16-11(14)15)3-1-4-9(10)17-5-2-6-17/h1,3-4H,2,5-7H2,(H4,14,15,16,18). The summed E-state index contributed by atoms with van der Waals surface area (Å²) >= 11 is 0. The lowest BCUT2D eigenvalue weighted by atomic mass is 10.1. The molecule has 2 rings (SSSR count). The fourth-order valence-corrected chi connectivity index (χ4v) is 1.76. The van der Waals surface area contributed by atoms with Crippen molar-refractivity contribution in [2.24, 2.45) is 16.5 Å². The lowest BCUT2D eigenvalue weighted by Gasteiger charge is -2.33. The van der Waals surface area contributed by atoms with Crippen molar-refractivity contribution >= 4 is 17.7 Å². The van der Waals surface area contributed by atoms with Crippen molar-refractivity contribution in [3.8, 4) is 0 Å². The summed E-state index contributed by atoms with van der Waals surface area (Å²) in [5, 5.41) is 0. The van der Waals surface area contributed by atoms with Gasteiger partial charge in [-0.2, -0.15) is 0 Å². The molecule has 0 bridgehead atoms. The zero-order chi connectivity index (χ0) is 13.8. The maximum Gasteiger partial charge on any atom is 0.437 e. The summed E-state index contributed by atoms with van der Waals surface area (Å²) in [6, 6.07) is 4.98. The summed E-state index contributed by atoms with van der Waals surface area (Å²) in [5.74, 6) is -0.764. The molecule has 1 heterocycles. The largest absolute Gasteiger partial charge is 0.443 e. The molecule has 1 fully saturated rings. The van der Waals surface area contributed by atoms with Crippen LogP contribution in [0.1, 0.15) is 12.0 Å². The molecule has 1 amide bonds. The summed E-state index contributed by atoms with van der Waals surface area (Å²) in [6.45, 7) is 1.48. The van der Waals surface area contributed by atoms with Gasteiger partial charge >= 0.3 is 6.09 Å². The number of carbonyl (C=O) groups is 1. The molecule has 0 aliphatic carbocycles. The predicted octanol–water partition coefficient (Wildman–Crippen LogP) is 0.946. The second-order valence-electron chi connectivity index (χ2n) is 4.18. The van der Waals surface area contributed by atoms with Gasteiger partial charge in [-0.3, -0.25) is 0 Å². The van der Waals surface area contributed by atoms with Gasteiger partial charge in [0.05, 0.1) is 5.69 Å². The van der Waals surface area contributed by atoms with Crippen molar-refractivity contribution in [3.63, 3.8) is 0 Å². The van der Waals surface area contributed by atoms with E-state index in [0.717, 1.165) is 19.5 Å². The topological polar surface area (TPSA) is 93.9 Å². The van der Waals surface area contributed by atoms with Crippen LogP contribution in [-0.4, -0.2) is 25.1 Å². The number of rotatable bonds is 3. The maximum atomic E-state index is 14.1. The molecule has 0 atom stereocenters. The Morgan fingerprint density at radius 2 is 2.16 bits per heavy atom. The Balaban J connectivity index is 2.04. The Morgan fingerprint density at radius 3 is 2.74 bits per heavy atom. The van der Waals surface area contributed by atoms with E-state index in [9.17, 15) is 9.18 Å². The summed E-state index contributed by atoms with van der Waals surface area (Å²) in [7, 11) is 0. The van der Waals surface area contributed by atoms with Crippen LogP contribution in [0, 0.1) is 5.82 Å². The molecule has 0 radical (unpaired) electrons. The molecule has 0 spiro atoms. The van der Waals surface area contributed by atoms with Crippen LogP contribution in [0.4, 0.5) is 14.9 Å². The SMILES string of the molecule is NC(N)=NC(=O)OCc1cccc(N2CCC2)c1F. The highest BCUT2D eigenvalue weighted by molar-refractivity contribution is 5.87. The van der Waals surface area contributed by atoms with Crippen molar-refractivity contribution in [2.45, 2.75) is 13.0 Å². The predicted molar refractivity (Wildman–Crippen MR) is 69.2 cm³/mol. The van der Waals surface area contributed by atoms with E-state index in [-0.39, 0.29) is 18.4 Å². The third-order valence-electron chi connectivity index (χ3n) is 2.83. The van der Waals surface area contributed by atoms with E-state index >= 15 is 0 Å². The van der Waals surface area contributed by atoms with Gasteiger partial charge in [-0.1, -0.05) is 12.1 Å². The van der Waals surface area contributed by atoms with E-state index in [4.69, 9.17) is 16.2 Å². The van der Waals surface area contributed by atoms with Gasteiger partial charge in [-0.15, -0.1) is 4.99 Å². The minimum absolute atomic E-state index is 0.205. The molecule has 1 aliphatic rings. The fourth-order valence-electron chi connectivity index (χ4n) is 1.76. The van der Waals surface area contributed by atoms with Crippen LogP contribution >= 0.6 is 0 Å². The normalized spacial score (nSPS) is 13.6. The number of halogens is 1. The third kappa shape index (κ3) is 3.12. The average molecular weight is 266 g/mol. The molecule has 4 N–H and O–H groups in total. The molecule has 0 unspecified atom stereocenters. The molecule has 1 aliphatic heterocycles. The quantitative estimate of drug-likeness (QED) is 0.627. The number of nitrogens with two attached hydrogens (primary N) is 2. The number of hydrogen-bond acceptors (Lipinski definition) is 3. The highest BCUT2D eigenvalue weighted by atomic mass is 19.1. The fraction of sp³-hybridized carbons (Fsp3) is 0.333. The molecule has 1 saturated heterocycles. The molecule has 1 aromatic carbocycles. The van der Waals surface area contributed by atoms with Crippen molar-refractivity contribution in [3.05, 3.63) is 29.6 Å². The monoisotopic (exact) mass is 266 g/mol. The van der Waals surface area contributed by atoms with Gasteiger partial charge < -0.3 is 21.1 Å². The second kappa shape index (κ2) is 5.55. The minimum Gasteiger partial charge on any atom is -0.443 e. The number of carbonyl (C=O) groups excluding carboxylic acids is 1. The first-order chi connectivity index (χ1) is 9.08. The van der Waals surface area contributed by atoms with Crippen LogP contribution in [-0.2, 0) is 11.3 Å². The Labute approximate surface area is 109 Å². The number of nitrogens with zero attached hydrogens (tertiary/aromatic N) is 2. The van der Waals surface area contributed by atoms with Crippen molar-refractivity contribution in [1.29, 1.82) is 0 Å². The highest BCUT2D eigenvalue weighted by Gasteiger charge is 2.20. The molecule has 7 heteroatoms. The van der Waals surface area contributed by atoms with E-state index in [2.05, 4.69) is 4.99 Å². The van der Waals surface area contributed by atoms with Gasteiger partial charge in [0.2, 0.25) is 0 Å². The van der Waals surface area contributed by atoms with Crippen molar-refractivity contribution in [2.75, 3.05) is 18.0 Å². The molecule has 1 aromatic rings. The number of ether oxygens (including phenoxy) is 1. The lowest BCUT2D eigenvalue weighted by molar-refractivity contribution is 0.149. The van der Waals surface area contributed by atoms with Gasteiger partial charge in [0.25, 0.3) is 0 Å².